The average Bonchev–Trinajstić information content (AvgIpc) is 3.68. The van der Waals surface area contributed by atoms with E-state index in [4.69, 9.17) is 13.8 Å². The van der Waals surface area contributed by atoms with Crippen molar-refractivity contribution in [3.63, 3.8) is 0 Å². The zero-order chi connectivity index (χ0) is 23.6. The summed E-state index contributed by atoms with van der Waals surface area (Å²) in [6, 6.07) is 7.83. The fourth-order valence-electron chi connectivity index (χ4n) is 4.35. The molecule has 0 aliphatic rings. The molecule has 0 radical (unpaired) electrons. The molecule has 9 nitrogen and oxygen atoms in total. The number of nitrogens with zero attached hydrogens (tertiary/aromatic N) is 5. The van der Waals surface area contributed by atoms with E-state index in [-0.39, 0.29) is 0 Å². The van der Waals surface area contributed by atoms with Crippen molar-refractivity contribution < 1.29 is 8.83 Å². The molecule has 0 saturated heterocycles. The number of furan rings is 2. The van der Waals surface area contributed by atoms with Crippen molar-refractivity contribution >= 4 is 91.8 Å². The van der Waals surface area contributed by atoms with Gasteiger partial charge in [-0.3, -0.25) is 9.97 Å². The molecular weight excluding hydrogens is 494 g/mol. The lowest BCUT2D eigenvalue weighted by molar-refractivity contribution is 0.667. The number of aromatic nitrogens is 5. The Kier molecular flexibility index (Phi) is 4.07. The highest BCUT2D eigenvalue weighted by Gasteiger charge is 2.14. The standard InChI is InChI=1S/C25H13N7O2S2/c1-3-26-9-18-12(1)22-16(33-18)5-20(35-22)31-24-14-7-28-8-15(14)25(30-11-29-24)32-21-6-17-23(36-21)13-2-4-27-10-19(13)34-17/h1-11,28H,(H,29,30,31,32). The number of nitrogens with one attached hydrogen (secondary N) is 2. The zero-order valence-corrected chi connectivity index (χ0v) is 19.9. The molecule has 2 N–H and O–H groups in total. The molecule has 0 spiro atoms. The summed E-state index contributed by atoms with van der Waals surface area (Å²) in [7, 11) is 0. The second kappa shape index (κ2) is 7.44. The summed E-state index contributed by atoms with van der Waals surface area (Å²) in [5.74, 6) is 0.675. The fraction of sp³-hybridized carbons (Fsp3) is 0. The minimum atomic E-state index is 0.570. The van der Waals surface area contributed by atoms with Crippen LogP contribution in [0.25, 0.3) is 53.3 Å². The minimum absolute atomic E-state index is 0.570. The van der Waals surface area contributed by atoms with E-state index in [1.54, 1.807) is 47.5 Å². The van der Waals surface area contributed by atoms with Gasteiger partial charge >= 0.3 is 0 Å². The summed E-state index contributed by atoms with van der Waals surface area (Å²) in [6.07, 6.45) is 12.3. The first kappa shape index (κ1) is 19.7. The molecule has 0 aliphatic heterocycles. The summed E-state index contributed by atoms with van der Waals surface area (Å²) in [4.78, 5) is 25.4. The maximum atomic E-state index is 5.94. The van der Waals surface area contributed by atoms with Crippen molar-refractivity contribution in [2.75, 3.05) is 5.32 Å². The highest BCUT2D eigenvalue weighted by atomic mass is 32.1. The van der Waals surface area contributed by atoms with E-state index in [2.05, 4.69) is 30.2 Å². The Labute approximate surface area is 208 Å². The maximum Gasteiger partial charge on any atom is 0.164 e. The van der Waals surface area contributed by atoms with Crippen molar-refractivity contribution in [2.24, 2.45) is 4.99 Å². The van der Waals surface area contributed by atoms with E-state index in [9.17, 15) is 0 Å². The third-order valence-corrected chi connectivity index (χ3v) is 8.06. The van der Waals surface area contributed by atoms with E-state index in [1.165, 1.54) is 6.33 Å². The lowest BCUT2D eigenvalue weighted by atomic mass is 10.3. The van der Waals surface area contributed by atoms with E-state index >= 15 is 0 Å². The molecule has 0 atom stereocenters. The quantitative estimate of drug-likeness (QED) is 0.275. The molecule has 0 saturated carbocycles. The van der Waals surface area contributed by atoms with Crippen LogP contribution < -0.4 is 10.8 Å². The van der Waals surface area contributed by atoms with Gasteiger partial charge in [-0.2, -0.15) is 0 Å². The first-order chi connectivity index (χ1) is 17.8. The van der Waals surface area contributed by atoms with Crippen molar-refractivity contribution in [1.82, 2.24) is 24.9 Å². The summed E-state index contributed by atoms with van der Waals surface area (Å²) in [5.41, 5.74) is 3.73. The number of hydrogen-bond acceptors (Lipinski definition) is 10. The van der Waals surface area contributed by atoms with Crippen LogP contribution in [0.5, 0.6) is 0 Å². The van der Waals surface area contributed by atoms with Crippen LogP contribution in [0.3, 0.4) is 0 Å². The zero-order valence-electron chi connectivity index (χ0n) is 18.2. The third kappa shape index (κ3) is 2.96. The van der Waals surface area contributed by atoms with Crippen LogP contribution in [0.1, 0.15) is 0 Å². The van der Waals surface area contributed by atoms with Gasteiger partial charge in [0.05, 0.1) is 26.8 Å². The average molecular weight is 508 g/mol. The second-order valence-corrected chi connectivity index (χ2v) is 10.2. The van der Waals surface area contributed by atoms with Crippen LogP contribution in [-0.4, -0.2) is 24.9 Å². The van der Waals surface area contributed by atoms with Gasteiger partial charge in [0.2, 0.25) is 0 Å². The first-order valence-electron chi connectivity index (χ1n) is 11.0. The van der Waals surface area contributed by atoms with Gasteiger partial charge < -0.3 is 19.1 Å². The van der Waals surface area contributed by atoms with E-state index < -0.39 is 0 Å². The summed E-state index contributed by atoms with van der Waals surface area (Å²) >= 11 is 3.17. The molecule has 0 unspecified atom stereocenters. The molecule has 8 heterocycles. The van der Waals surface area contributed by atoms with Gasteiger partial charge in [0.1, 0.15) is 28.3 Å². The monoisotopic (exact) mass is 507 g/mol. The number of hydrogen-bond donors (Lipinski definition) is 2. The topological polar surface area (TPSA) is 118 Å². The molecule has 0 amide bonds. The predicted octanol–water partition coefficient (Wildman–Crippen LogP) is 6.65. The van der Waals surface area contributed by atoms with E-state index in [0.717, 1.165) is 63.3 Å². The van der Waals surface area contributed by atoms with Crippen LogP contribution in [0.15, 0.2) is 81.6 Å². The van der Waals surface area contributed by atoms with Crippen molar-refractivity contribution in [1.29, 1.82) is 0 Å². The summed E-state index contributed by atoms with van der Waals surface area (Å²) in [5, 5.41) is 8.96. The van der Waals surface area contributed by atoms with E-state index in [0.29, 0.717) is 11.3 Å². The second-order valence-electron chi connectivity index (χ2n) is 8.10. The number of H-pyrrole nitrogens is 1. The number of rotatable bonds is 3. The SMILES string of the molecule is c1cc2c(cn1)oc1cc(/N=c3\ncnc(Nc4cc5oc6cnccc6c5s4)c4c[nH]cc34)sc12. The molecule has 0 fully saturated rings. The largest absolute Gasteiger partial charge is 0.453 e. The number of pyridine rings is 2. The van der Waals surface area contributed by atoms with Gasteiger partial charge in [0, 0.05) is 58.5 Å². The fourth-order valence-corrected chi connectivity index (χ4v) is 6.35. The Morgan fingerprint density at radius 1 is 0.778 bits per heavy atom. The van der Waals surface area contributed by atoms with Crippen LogP contribution in [0.4, 0.5) is 15.8 Å². The Balaban J connectivity index is 1.22. The Morgan fingerprint density at radius 3 is 2.31 bits per heavy atom. The maximum absolute atomic E-state index is 5.94. The van der Waals surface area contributed by atoms with Crippen molar-refractivity contribution in [2.45, 2.75) is 0 Å². The van der Waals surface area contributed by atoms with Gasteiger partial charge in [-0.25, -0.2) is 15.0 Å². The smallest absolute Gasteiger partial charge is 0.164 e. The minimum Gasteiger partial charge on any atom is -0.453 e. The van der Waals surface area contributed by atoms with Gasteiger partial charge in [-0.05, 0) is 12.1 Å². The number of thiophene rings is 2. The number of anilines is 2. The highest BCUT2D eigenvalue weighted by Crippen LogP contribution is 2.40. The van der Waals surface area contributed by atoms with Gasteiger partial charge in [-0.15, -0.1) is 22.7 Å². The third-order valence-electron chi connectivity index (χ3n) is 5.95. The molecule has 36 heavy (non-hydrogen) atoms. The normalized spacial score (nSPS) is 12.6. The van der Waals surface area contributed by atoms with Crippen LogP contribution in [0.2, 0.25) is 0 Å². The van der Waals surface area contributed by atoms with Gasteiger partial charge in [0.25, 0.3) is 0 Å². The highest BCUT2D eigenvalue weighted by molar-refractivity contribution is 7.24. The molecule has 11 heteroatoms. The molecule has 8 aromatic rings. The predicted molar refractivity (Wildman–Crippen MR) is 141 cm³/mol. The first-order valence-corrected chi connectivity index (χ1v) is 12.6. The molecule has 0 bridgehead atoms. The number of aromatic amines is 1. The van der Waals surface area contributed by atoms with E-state index in [1.807, 2.05) is 36.7 Å². The Morgan fingerprint density at radius 2 is 1.50 bits per heavy atom. The Hall–Kier alpha value is -4.61. The van der Waals surface area contributed by atoms with Crippen LogP contribution in [-0.2, 0) is 0 Å². The van der Waals surface area contributed by atoms with Crippen molar-refractivity contribution in [3.05, 3.63) is 73.3 Å². The molecular formula is C25H13N7O2S2. The number of fused-ring (bicyclic) bond motifs is 7. The van der Waals surface area contributed by atoms with Gasteiger partial charge in [-0.1, -0.05) is 0 Å². The van der Waals surface area contributed by atoms with Crippen LogP contribution >= 0.6 is 22.7 Å². The van der Waals surface area contributed by atoms with Crippen molar-refractivity contribution in [3.8, 4) is 0 Å². The molecule has 0 aliphatic carbocycles. The van der Waals surface area contributed by atoms with Crippen LogP contribution in [0, 0.1) is 0 Å². The lowest BCUT2D eigenvalue weighted by Gasteiger charge is -2.00. The molecule has 8 aromatic heterocycles. The summed E-state index contributed by atoms with van der Waals surface area (Å²) < 4.78 is 14.0. The Bertz CT molecular complexity index is 2170. The summed E-state index contributed by atoms with van der Waals surface area (Å²) in [6.45, 7) is 0. The molecule has 8 rings (SSSR count). The van der Waals surface area contributed by atoms with Gasteiger partial charge in [0.15, 0.2) is 16.7 Å². The molecule has 0 aromatic carbocycles. The lowest BCUT2D eigenvalue weighted by Crippen LogP contribution is -2.02. The molecule has 172 valence electrons.